The van der Waals surface area contributed by atoms with Crippen LogP contribution in [0, 0.1) is 11.8 Å². The van der Waals surface area contributed by atoms with E-state index in [1.54, 1.807) is 0 Å². The molecule has 1 saturated heterocycles. The van der Waals surface area contributed by atoms with Crippen molar-refractivity contribution in [3.63, 3.8) is 0 Å². The first-order valence-electron chi connectivity index (χ1n) is 7.10. The fourth-order valence-electron chi connectivity index (χ4n) is 2.64. The zero-order valence-electron chi connectivity index (χ0n) is 11.8. The number of nitrogens with one attached hydrogen (secondary N) is 1. The summed E-state index contributed by atoms with van der Waals surface area (Å²) in [7, 11) is 0. The van der Waals surface area contributed by atoms with Crippen molar-refractivity contribution in [3.05, 3.63) is 0 Å². The van der Waals surface area contributed by atoms with Crippen LogP contribution in [-0.2, 0) is 9.53 Å². The van der Waals surface area contributed by atoms with Crippen molar-refractivity contribution in [1.82, 2.24) is 5.32 Å². The van der Waals surface area contributed by atoms with Crippen LogP contribution in [0.2, 0.25) is 0 Å². The second-order valence-electron chi connectivity index (χ2n) is 5.46. The van der Waals surface area contributed by atoms with Crippen LogP contribution in [-0.4, -0.2) is 36.4 Å². The summed E-state index contributed by atoms with van der Waals surface area (Å²) in [6.07, 6.45) is 3.71. The van der Waals surface area contributed by atoms with Crippen molar-refractivity contribution in [2.24, 2.45) is 11.8 Å². The van der Waals surface area contributed by atoms with E-state index in [1.165, 1.54) is 0 Å². The lowest BCUT2D eigenvalue weighted by molar-refractivity contribution is -0.133. The van der Waals surface area contributed by atoms with E-state index in [9.17, 15) is 4.79 Å². The Bertz CT molecular complexity index is 247. The Labute approximate surface area is 110 Å². The lowest BCUT2D eigenvalue weighted by Crippen LogP contribution is -2.40. The fourth-order valence-corrected chi connectivity index (χ4v) is 2.64. The number of hydrogen-bond acceptors (Lipinski definition) is 3. The maximum Gasteiger partial charge on any atom is 0.223 e. The minimum absolute atomic E-state index is 0.0791. The quantitative estimate of drug-likeness (QED) is 0.761. The highest BCUT2D eigenvalue weighted by molar-refractivity contribution is 5.78. The highest BCUT2D eigenvalue weighted by atomic mass is 16.5. The Kier molecular flexibility index (Phi) is 6.65. The predicted molar refractivity (Wildman–Crippen MR) is 71.2 cm³/mol. The summed E-state index contributed by atoms with van der Waals surface area (Å²) in [6.45, 7) is 7.01. The molecule has 0 spiro atoms. The molecule has 3 atom stereocenters. The minimum atomic E-state index is 0.0791. The van der Waals surface area contributed by atoms with Crippen LogP contribution in [0.3, 0.4) is 0 Å². The predicted octanol–water partition coefficient (Wildman–Crippen LogP) is 1.71. The Morgan fingerprint density at radius 1 is 1.39 bits per heavy atom. The van der Waals surface area contributed by atoms with Gasteiger partial charge in [-0.1, -0.05) is 13.3 Å². The van der Waals surface area contributed by atoms with Gasteiger partial charge in [-0.15, -0.1) is 0 Å². The molecule has 0 aromatic rings. The van der Waals surface area contributed by atoms with Gasteiger partial charge in [0.1, 0.15) is 0 Å². The first kappa shape index (κ1) is 15.4. The van der Waals surface area contributed by atoms with E-state index in [-0.39, 0.29) is 30.6 Å². The number of carbonyl (C=O) groups excluding carboxylic acids is 1. The third-order valence-corrected chi connectivity index (χ3v) is 3.75. The van der Waals surface area contributed by atoms with Gasteiger partial charge in [-0.05, 0) is 39.0 Å². The van der Waals surface area contributed by atoms with Crippen LogP contribution in [0.4, 0.5) is 0 Å². The van der Waals surface area contributed by atoms with Gasteiger partial charge in [0, 0.05) is 19.1 Å². The van der Waals surface area contributed by atoms with E-state index in [0.29, 0.717) is 12.5 Å². The van der Waals surface area contributed by atoms with Crippen LogP contribution in [0.1, 0.15) is 46.5 Å². The van der Waals surface area contributed by atoms with Gasteiger partial charge in [-0.2, -0.15) is 0 Å². The monoisotopic (exact) mass is 257 g/mol. The molecule has 0 bridgehead atoms. The maximum atomic E-state index is 12.1. The first-order chi connectivity index (χ1) is 8.56. The highest BCUT2D eigenvalue weighted by Crippen LogP contribution is 2.24. The third-order valence-electron chi connectivity index (χ3n) is 3.75. The van der Waals surface area contributed by atoms with Crippen LogP contribution in [0.5, 0.6) is 0 Å². The summed E-state index contributed by atoms with van der Waals surface area (Å²) in [6, 6.07) is 0. The summed E-state index contributed by atoms with van der Waals surface area (Å²) >= 11 is 0. The van der Waals surface area contributed by atoms with Gasteiger partial charge >= 0.3 is 0 Å². The molecule has 1 rings (SSSR count). The summed E-state index contributed by atoms with van der Waals surface area (Å²) in [5, 5.41) is 11.9. The molecule has 3 unspecified atom stereocenters. The van der Waals surface area contributed by atoms with Crippen molar-refractivity contribution in [2.75, 3.05) is 13.2 Å². The van der Waals surface area contributed by atoms with Gasteiger partial charge in [0.2, 0.25) is 5.91 Å². The first-order valence-corrected chi connectivity index (χ1v) is 7.10. The van der Waals surface area contributed by atoms with E-state index < -0.39 is 0 Å². The van der Waals surface area contributed by atoms with Crippen molar-refractivity contribution >= 4 is 5.91 Å². The third kappa shape index (κ3) is 4.94. The van der Waals surface area contributed by atoms with Gasteiger partial charge < -0.3 is 15.2 Å². The average molecular weight is 257 g/mol. The van der Waals surface area contributed by atoms with E-state index in [4.69, 9.17) is 9.84 Å². The molecule has 2 N–H and O–H groups in total. The van der Waals surface area contributed by atoms with Gasteiger partial charge in [0.15, 0.2) is 0 Å². The number of aliphatic hydroxyl groups is 1. The normalized spacial score (nSPS) is 29.9. The number of aliphatic hydroxyl groups excluding tert-OH is 1. The van der Waals surface area contributed by atoms with E-state index in [2.05, 4.69) is 12.2 Å². The molecular formula is C14H27NO3. The van der Waals surface area contributed by atoms with Crippen molar-refractivity contribution in [1.29, 1.82) is 0 Å². The van der Waals surface area contributed by atoms with Crippen LogP contribution in [0.15, 0.2) is 0 Å². The molecule has 0 radical (unpaired) electrons. The fraction of sp³-hybridized carbons (Fsp3) is 0.929. The van der Waals surface area contributed by atoms with Gasteiger partial charge in [-0.3, -0.25) is 4.79 Å². The van der Waals surface area contributed by atoms with E-state index in [0.717, 1.165) is 25.7 Å². The summed E-state index contributed by atoms with van der Waals surface area (Å²) < 4.78 is 5.64. The maximum absolute atomic E-state index is 12.1. The Morgan fingerprint density at radius 3 is 2.50 bits per heavy atom. The lowest BCUT2D eigenvalue weighted by Gasteiger charge is -2.31. The van der Waals surface area contributed by atoms with Crippen molar-refractivity contribution in [3.8, 4) is 0 Å². The molecule has 0 saturated carbocycles. The largest absolute Gasteiger partial charge is 0.396 e. The molecule has 1 amide bonds. The second-order valence-corrected chi connectivity index (χ2v) is 5.46. The molecule has 4 nitrogen and oxygen atoms in total. The van der Waals surface area contributed by atoms with Crippen LogP contribution < -0.4 is 5.32 Å². The van der Waals surface area contributed by atoms with Gasteiger partial charge in [0.25, 0.3) is 0 Å². The summed E-state index contributed by atoms with van der Waals surface area (Å²) in [4.78, 5) is 12.1. The number of amides is 1. The Balaban J connectivity index is 2.35. The zero-order valence-corrected chi connectivity index (χ0v) is 11.8. The average Bonchev–Trinajstić information content (AvgIpc) is 2.32. The SMILES string of the molecule is CCC(CCO)CNC(=O)C1CC(C)OC(C)C1. The number of carbonyl (C=O) groups is 1. The molecule has 0 aliphatic carbocycles. The van der Waals surface area contributed by atoms with Crippen LogP contribution in [0.25, 0.3) is 0 Å². The molecular weight excluding hydrogens is 230 g/mol. The standard InChI is InChI=1S/C14H27NO3/c1-4-12(5-6-16)9-15-14(17)13-7-10(2)18-11(3)8-13/h10-13,16H,4-9H2,1-3H3,(H,15,17). The molecule has 0 aromatic carbocycles. The molecule has 1 aliphatic heterocycles. The molecule has 0 aromatic heterocycles. The molecule has 106 valence electrons. The second kappa shape index (κ2) is 7.74. The lowest BCUT2D eigenvalue weighted by atomic mass is 9.91. The van der Waals surface area contributed by atoms with Gasteiger partial charge in [0.05, 0.1) is 12.2 Å². The van der Waals surface area contributed by atoms with E-state index >= 15 is 0 Å². The summed E-state index contributed by atoms with van der Waals surface area (Å²) in [5.41, 5.74) is 0. The van der Waals surface area contributed by atoms with Gasteiger partial charge in [-0.25, -0.2) is 0 Å². The molecule has 1 aliphatic rings. The molecule has 1 fully saturated rings. The molecule has 4 heteroatoms. The Morgan fingerprint density at radius 2 is 2.00 bits per heavy atom. The molecule has 18 heavy (non-hydrogen) atoms. The van der Waals surface area contributed by atoms with Crippen molar-refractivity contribution in [2.45, 2.75) is 58.7 Å². The zero-order chi connectivity index (χ0) is 13.5. The highest BCUT2D eigenvalue weighted by Gasteiger charge is 2.29. The Hall–Kier alpha value is -0.610. The molecule has 1 heterocycles. The van der Waals surface area contributed by atoms with E-state index in [1.807, 2.05) is 13.8 Å². The number of hydrogen-bond donors (Lipinski definition) is 2. The summed E-state index contributed by atoms with van der Waals surface area (Å²) in [5.74, 6) is 0.609. The number of rotatable bonds is 6. The smallest absolute Gasteiger partial charge is 0.223 e. The minimum Gasteiger partial charge on any atom is -0.396 e. The topological polar surface area (TPSA) is 58.6 Å². The van der Waals surface area contributed by atoms with Crippen molar-refractivity contribution < 1.29 is 14.6 Å². The number of ether oxygens (including phenoxy) is 1. The van der Waals surface area contributed by atoms with Crippen LogP contribution >= 0.6 is 0 Å².